The van der Waals surface area contributed by atoms with Gasteiger partial charge in [-0.25, -0.2) is 0 Å². The minimum Gasteiger partial charge on any atom is -0.497 e. The number of carbonyl (C=O) groups excluding carboxylic acids is 2. The molecule has 1 atom stereocenters. The zero-order valence-corrected chi connectivity index (χ0v) is 18.7. The molecule has 0 aromatic heterocycles. The summed E-state index contributed by atoms with van der Waals surface area (Å²) in [6.45, 7) is 1.32. The van der Waals surface area contributed by atoms with E-state index in [0.29, 0.717) is 23.7 Å². The van der Waals surface area contributed by atoms with Gasteiger partial charge >= 0.3 is 11.8 Å². The highest BCUT2D eigenvalue weighted by molar-refractivity contribution is 6.39. The minimum atomic E-state index is -0.764. The molecule has 166 valence electrons. The minimum absolute atomic E-state index is 0.0562. The molecule has 0 saturated carbocycles. The van der Waals surface area contributed by atoms with Crippen molar-refractivity contribution in [2.24, 2.45) is 0 Å². The Morgan fingerprint density at radius 1 is 1.10 bits per heavy atom. The molecule has 0 fully saturated rings. The van der Waals surface area contributed by atoms with E-state index in [-0.39, 0.29) is 6.04 Å². The van der Waals surface area contributed by atoms with Gasteiger partial charge in [0.05, 0.1) is 25.9 Å². The van der Waals surface area contributed by atoms with Crippen LogP contribution < -0.4 is 25.0 Å². The first-order chi connectivity index (χ1) is 14.8. The highest BCUT2D eigenvalue weighted by Crippen LogP contribution is 2.31. The molecule has 1 aliphatic heterocycles. The predicted octanol–water partition coefficient (Wildman–Crippen LogP) is 2.05. The molecular formula is C23H30N4O4. The number of nitrogens with one attached hydrogen (secondary N) is 2. The lowest BCUT2D eigenvalue weighted by molar-refractivity contribution is -0.136. The zero-order valence-electron chi connectivity index (χ0n) is 18.7. The highest BCUT2D eigenvalue weighted by atomic mass is 16.5. The lowest BCUT2D eigenvalue weighted by Crippen LogP contribution is -2.40. The van der Waals surface area contributed by atoms with E-state index in [1.807, 2.05) is 19.0 Å². The van der Waals surface area contributed by atoms with Crippen molar-refractivity contribution in [2.75, 3.05) is 58.7 Å². The Morgan fingerprint density at radius 3 is 2.55 bits per heavy atom. The summed E-state index contributed by atoms with van der Waals surface area (Å²) in [6, 6.07) is 11.3. The van der Waals surface area contributed by atoms with E-state index < -0.39 is 11.8 Å². The Labute approximate surface area is 183 Å². The molecule has 2 aromatic carbocycles. The molecule has 31 heavy (non-hydrogen) atoms. The van der Waals surface area contributed by atoms with E-state index in [0.717, 1.165) is 18.5 Å². The summed E-state index contributed by atoms with van der Waals surface area (Å²) in [7, 11) is 9.02. The Hall–Kier alpha value is -3.26. The van der Waals surface area contributed by atoms with Crippen LogP contribution in [-0.2, 0) is 16.0 Å². The number of benzene rings is 2. The lowest BCUT2D eigenvalue weighted by atomic mass is 10.0. The largest absolute Gasteiger partial charge is 0.497 e. The van der Waals surface area contributed by atoms with Crippen molar-refractivity contribution in [1.82, 2.24) is 10.2 Å². The number of likely N-dealkylation sites (N-methyl/N-ethyl adjacent to an activating group) is 2. The van der Waals surface area contributed by atoms with Gasteiger partial charge in [-0.3, -0.25) is 9.59 Å². The topological polar surface area (TPSA) is 83.1 Å². The first-order valence-electron chi connectivity index (χ1n) is 10.2. The molecule has 8 heteroatoms. The first kappa shape index (κ1) is 22.4. The normalized spacial score (nSPS) is 13.5. The zero-order chi connectivity index (χ0) is 22.5. The maximum Gasteiger partial charge on any atom is 0.313 e. The number of rotatable bonds is 7. The summed E-state index contributed by atoms with van der Waals surface area (Å²) in [4.78, 5) is 29.2. The van der Waals surface area contributed by atoms with Crippen LogP contribution in [0.3, 0.4) is 0 Å². The van der Waals surface area contributed by atoms with Crippen LogP contribution in [0, 0.1) is 0 Å². The molecule has 0 bridgehead atoms. The van der Waals surface area contributed by atoms with Gasteiger partial charge in [-0.15, -0.1) is 0 Å². The van der Waals surface area contributed by atoms with Crippen LogP contribution in [0.4, 0.5) is 11.4 Å². The number of nitrogens with zero attached hydrogens (tertiary/aromatic N) is 2. The van der Waals surface area contributed by atoms with Gasteiger partial charge in [0.2, 0.25) is 0 Å². The van der Waals surface area contributed by atoms with Crippen molar-refractivity contribution in [3.63, 3.8) is 0 Å². The van der Waals surface area contributed by atoms with Gasteiger partial charge in [-0.1, -0.05) is 12.1 Å². The maximum absolute atomic E-state index is 12.5. The van der Waals surface area contributed by atoms with E-state index in [1.54, 1.807) is 18.2 Å². The average Bonchev–Trinajstić information content (AvgIpc) is 3.13. The van der Waals surface area contributed by atoms with Crippen LogP contribution in [0.15, 0.2) is 36.4 Å². The third-order valence-corrected chi connectivity index (χ3v) is 5.56. The number of hydrogen-bond acceptors (Lipinski definition) is 6. The van der Waals surface area contributed by atoms with Gasteiger partial charge in [-0.2, -0.15) is 0 Å². The van der Waals surface area contributed by atoms with Gasteiger partial charge in [0.25, 0.3) is 0 Å². The van der Waals surface area contributed by atoms with E-state index in [1.165, 1.54) is 25.5 Å². The molecular weight excluding hydrogens is 396 g/mol. The average molecular weight is 427 g/mol. The van der Waals surface area contributed by atoms with Crippen LogP contribution in [-0.4, -0.2) is 65.2 Å². The fraction of sp³-hybridized carbons (Fsp3) is 0.391. The number of hydrogen-bond donors (Lipinski definition) is 2. The number of fused-ring (bicyclic) bond motifs is 1. The van der Waals surface area contributed by atoms with Gasteiger partial charge in [0.1, 0.15) is 11.5 Å². The molecule has 0 radical (unpaired) electrons. The highest BCUT2D eigenvalue weighted by Gasteiger charge is 2.22. The molecule has 1 aliphatic rings. The van der Waals surface area contributed by atoms with Crippen molar-refractivity contribution in [2.45, 2.75) is 12.5 Å². The number of amides is 2. The van der Waals surface area contributed by atoms with Crippen molar-refractivity contribution in [3.8, 4) is 11.5 Å². The summed E-state index contributed by atoms with van der Waals surface area (Å²) < 4.78 is 10.4. The summed E-state index contributed by atoms with van der Waals surface area (Å²) in [5.74, 6) is -0.486. The third-order valence-electron chi connectivity index (χ3n) is 5.56. The number of anilines is 2. The van der Waals surface area contributed by atoms with Crippen LogP contribution in [0.25, 0.3) is 0 Å². The second-order valence-electron chi connectivity index (χ2n) is 7.77. The molecule has 2 amide bonds. The Balaban J connectivity index is 1.66. The van der Waals surface area contributed by atoms with Crippen molar-refractivity contribution < 1.29 is 19.1 Å². The molecule has 8 nitrogen and oxygen atoms in total. The third kappa shape index (κ3) is 5.08. The summed E-state index contributed by atoms with van der Waals surface area (Å²) in [5.41, 5.74) is 4.03. The second kappa shape index (κ2) is 9.70. The van der Waals surface area contributed by atoms with Crippen LogP contribution >= 0.6 is 0 Å². The quantitative estimate of drug-likeness (QED) is 0.660. The molecule has 1 unspecified atom stereocenters. The van der Waals surface area contributed by atoms with E-state index in [9.17, 15) is 9.59 Å². The fourth-order valence-corrected chi connectivity index (χ4v) is 3.75. The van der Waals surface area contributed by atoms with Gasteiger partial charge in [-0.05, 0) is 49.8 Å². The first-order valence-corrected chi connectivity index (χ1v) is 10.2. The van der Waals surface area contributed by atoms with Crippen LogP contribution in [0.2, 0.25) is 0 Å². The summed E-state index contributed by atoms with van der Waals surface area (Å²) in [5, 5.41) is 5.34. The summed E-state index contributed by atoms with van der Waals surface area (Å²) in [6.07, 6.45) is 1.01. The van der Waals surface area contributed by atoms with Gasteiger partial charge in [0, 0.05) is 31.9 Å². The fourth-order valence-electron chi connectivity index (χ4n) is 3.75. The van der Waals surface area contributed by atoms with E-state index >= 15 is 0 Å². The predicted molar refractivity (Wildman–Crippen MR) is 121 cm³/mol. The smallest absolute Gasteiger partial charge is 0.313 e. The van der Waals surface area contributed by atoms with Gasteiger partial charge < -0.3 is 29.9 Å². The Morgan fingerprint density at radius 2 is 1.87 bits per heavy atom. The SMILES string of the molecule is COc1ccc(OC)c(NC(=O)C(=O)NCC(c2ccc3c(c2)CCN3C)N(C)C)c1. The lowest BCUT2D eigenvalue weighted by Gasteiger charge is -2.26. The molecule has 0 spiro atoms. The number of carbonyl (C=O) groups is 2. The number of ether oxygens (including phenoxy) is 2. The summed E-state index contributed by atoms with van der Waals surface area (Å²) >= 11 is 0. The molecule has 0 saturated heterocycles. The molecule has 3 rings (SSSR count). The van der Waals surface area contributed by atoms with E-state index in [2.05, 4.69) is 40.8 Å². The standard InChI is InChI=1S/C23H30N4O4/c1-26(2)20(15-6-8-19-16(12-15)10-11-27(19)3)14-24-22(28)23(29)25-18-13-17(30-4)7-9-21(18)31-5/h6-9,12-13,20H,10-11,14H2,1-5H3,(H,24,28)(H,25,29). The van der Waals surface area contributed by atoms with E-state index in [4.69, 9.17) is 9.47 Å². The van der Waals surface area contributed by atoms with Crippen molar-refractivity contribution >= 4 is 23.2 Å². The molecule has 2 N–H and O–H groups in total. The van der Waals surface area contributed by atoms with Crippen molar-refractivity contribution in [3.05, 3.63) is 47.5 Å². The molecule has 2 aromatic rings. The monoisotopic (exact) mass is 426 g/mol. The van der Waals surface area contributed by atoms with Crippen LogP contribution in [0.1, 0.15) is 17.2 Å². The Bertz CT molecular complexity index is 961. The number of methoxy groups -OCH3 is 2. The van der Waals surface area contributed by atoms with Gasteiger partial charge in [0.15, 0.2) is 0 Å². The molecule has 1 heterocycles. The second-order valence-corrected chi connectivity index (χ2v) is 7.77. The van der Waals surface area contributed by atoms with Crippen molar-refractivity contribution in [1.29, 1.82) is 0 Å². The van der Waals surface area contributed by atoms with Crippen LogP contribution in [0.5, 0.6) is 11.5 Å². The maximum atomic E-state index is 12.5. The molecule has 0 aliphatic carbocycles. The Kier molecular flexibility index (Phi) is 7.02.